The largest absolute Gasteiger partial charge is 0.493 e. The Hall–Kier alpha value is -2.87. The van der Waals surface area contributed by atoms with Crippen molar-refractivity contribution in [3.8, 4) is 5.75 Å². The van der Waals surface area contributed by atoms with Crippen LogP contribution in [0.3, 0.4) is 0 Å². The molecule has 0 bridgehead atoms. The fraction of sp³-hybridized carbons (Fsp3) is 0.409. The number of carbonyl (C=O) groups excluding carboxylic acids is 1. The van der Waals surface area contributed by atoms with Gasteiger partial charge in [0.15, 0.2) is 0 Å². The zero-order valence-corrected chi connectivity index (χ0v) is 17.9. The third-order valence-corrected chi connectivity index (χ3v) is 6.08. The van der Waals surface area contributed by atoms with E-state index in [9.17, 15) is 4.79 Å². The number of nitrogens with zero attached hydrogens (tertiary/aromatic N) is 2. The summed E-state index contributed by atoms with van der Waals surface area (Å²) >= 11 is 1.40. The Labute approximate surface area is 180 Å². The maximum atomic E-state index is 13.0. The second kappa shape index (κ2) is 9.75. The highest BCUT2D eigenvalue weighted by Gasteiger charge is 2.18. The molecule has 1 amide bonds. The van der Waals surface area contributed by atoms with Gasteiger partial charge >= 0.3 is 0 Å². The lowest BCUT2D eigenvalue weighted by molar-refractivity contribution is 0.0960. The van der Waals surface area contributed by atoms with E-state index >= 15 is 0 Å². The van der Waals surface area contributed by atoms with Crippen LogP contribution in [0, 0.1) is 0 Å². The van der Waals surface area contributed by atoms with Gasteiger partial charge in [0.25, 0.3) is 5.91 Å². The van der Waals surface area contributed by atoms with Crippen LogP contribution in [0.2, 0.25) is 0 Å². The molecule has 0 unspecified atom stereocenters. The van der Waals surface area contributed by atoms with Crippen LogP contribution >= 0.6 is 11.3 Å². The van der Waals surface area contributed by atoms with Crippen molar-refractivity contribution in [3.05, 3.63) is 42.0 Å². The van der Waals surface area contributed by atoms with E-state index in [2.05, 4.69) is 26.4 Å². The van der Waals surface area contributed by atoms with Crippen molar-refractivity contribution in [2.45, 2.75) is 51.5 Å². The fourth-order valence-electron chi connectivity index (χ4n) is 3.86. The quantitative estimate of drug-likeness (QED) is 0.365. The molecule has 8 heteroatoms. The number of ether oxygens (including phenoxy) is 1. The van der Waals surface area contributed by atoms with E-state index in [0.29, 0.717) is 29.1 Å². The van der Waals surface area contributed by atoms with Crippen molar-refractivity contribution in [2.75, 3.05) is 17.3 Å². The first-order valence-corrected chi connectivity index (χ1v) is 11.4. The Kier molecular flexibility index (Phi) is 6.63. The number of nitrogens with one attached hydrogen (secondary N) is 3. The minimum absolute atomic E-state index is 0.274. The zero-order valence-electron chi connectivity index (χ0n) is 17.1. The number of benzene rings is 2. The lowest BCUT2D eigenvalue weighted by Gasteiger charge is -2.14. The fourth-order valence-corrected chi connectivity index (χ4v) is 4.54. The molecule has 3 N–H and O–H groups in total. The van der Waals surface area contributed by atoms with E-state index < -0.39 is 0 Å². The summed E-state index contributed by atoms with van der Waals surface area (Å²) in [5.74, 6) is 0.284. The topological polar surface area (TPSA) is 88.2 Å². The Morgan fingerprint density at radius 2 is 1.83 bits per heavy atom. The van der Waals surface area contributed by atoms with Crippen molar-refractivity contribution >= 4 is 38.3 Å². The average molecular weight is 426 g/mol. The molecule has 0 spiro atoms. The van der Waals surface area contributed by atoms with Gasteiger partial charge in [-0.3, -0.25) is 15.6 Å². The Morgan fingerprint density at radius 1 is 1.07 bits per heavy atom. The van der Waals surface area contributed by atoms with E-state index in [1.54, 1.807) is 0 Å². The van der Waals surface area contributed by atoms with Gasteiger partial charge in [-0.05, 0) is 36.6 Å². The summed E-state index contributed by atoms with van der Waals surface area (Å²) in [7, 11) is 0. The standard InChI is InChI=1S/C22H27N5O2S/c1-2-29-18-14-13-15-9-7-8-12-17(15)19(18)20(28)24-26-22-27-25-21(30-22)23-16-10-5-3-4-6-11-16/h7-9,12-14,16H,2-6,10-11H2,1H3,(H,23,25)(H,24,28)(H,26,27). The van der Waals surface area contributed by atoms with Crippen LogP contribution in [0.15, 0.2) is 36.4 Å². The molecule has 158 valence electrons. The number of anilines is 2. The number of carbonyl (C=O) groups is 1. The molecule has 0 saturated heterocycles. The van der Waals surface area contributed by atoms with E-state index in [4.69, 9.17) is 4.74 Å². The lowest BCUT2D eigenvalue weighted by atomic mass is 10.0. The van der Waals surface area contributed by atoms with Gasteiger partial charge in [-0.15, -0.1) is 10.2 Å². The summed E-state index contributed by atoms with van der Waals surface area (Å²) in [4.78, 5) is 13.0. The molecule has 2 aromatic carbocycles. The zero-order chi connectivity index (χ0) is 20.8. The highest BCUT2D eigenvalue weighted by Crippen LogP contribution is 2.29. The minimum Gasteiger partial charge on any atom is -0.493 e. The van der Waals surface area contributed by atoms with Gasteiger partial charge in [0.2, 0.25) is 10.3 Å². The second-order valence-electron chi connectivity index (χ2n) is 7.42. The molecule has 0 radical (unpaired) electrons. The van der Waals surface area contributed by atoms with Gasteiger partial charge < -0.3 is 10.1 Å². The normalized spacial score (nSPS) is 14.8. The number of amides is 1. The van der Waals surface area contributed by atoms with Gasteiger partial charge in [-0.25, -0.2) is 0 Å². The van der Waals surface area contributed by atoms with Gasteiger partial charge in [0.05, 0.1) is 12.2 Å². The van der Waals surface area contributed by atoms with E-state index in [-0.39, 0.29) is 5.91 Å². The Morgan fingerprint density at radius 3 is 2.63 bits per heavy atom. The predicted molar refractivity (Wildman–Crippen MR) is 121 cm³/mol. The second-order valence-corrected chi connectivity index (χ2v) is 8.39. The first-order chi connectivity index (χ1) is 14.7. The molecule has 1 saturated carbocycles. The van der Waals surface area contributed by atoms with Crippen LogP contribution < -0.4 is 20.9 Å². The van der Waals surface area contributed by atoms with Crippen molar-refractivity contribution in [3.63, 3.8) is 0 Å². The number of hydrogen-bond donors (Lipinski definition) is 3. The van der Waals surface area contributed by atoms with Crippen LogP contribution in [0.4, 0.5) is 10.3 Å². The Balaban J connectivity index is 1.44. The molecule has 30 heavy (non-hydrogen) atoms. The maximum Gasteiger partial charge on any atom is 0.274 e. The van der Waals surface area contributed by atoms with Gasteiger partial charge in [-0.2, -0.15) is 0 Å². The van der Waals surface area contributed by atoms with Crippen LogP contribution in [0.25, 0.3) is 10.8 Å². The SMILES string of the molecule is CCOc1ccc2ccccc2c1C(=O)NNc1nnc(NC2CCCCCC2)s1. The van der Waals surface area contributed by atoms with E-state index in [0.717, 1.165) is 15.9 Å². The first kappa shape index (κ1) is 20.4. The van der Waals surface area contributed by atoms with E-state index in [1.807, 2.05) is 43.3 Å². The summed E-state index contributed by atoms with van der Waals surface area (Å²) < 4.78 is 5.69. The molecule has 7 nitrogen and oxygen atoms in total. The molecule has 0 atom stereocenters. The number of fused-ring (bicyclic) bond motifs is 1. The first-order valence-electron chi connectivity index (χ1n) is 10.6. The molecule has 4 rings (SSSR count). The summed E-state index contributed by atoms with van der Waals surface area (Å²) in [6.07, 6.45) is 7.46. The van der Waals surface area contributed by atoms with Crippen LogP contribution in [-0.4, -0.2) is 28.8 Å². The molecule has 1 aromatic heterocycles. The molecule has 1 heterocycles. The maximum absolute atomic E-state index is 13.0. The molecule has 3 aromatic rings. The van der Waals surface area contributed by atoms with Crippen molar-refractivity contribution in [1.82, 2.24) is 15.6 Å². The number of rotatable bonds is 7. The number of aromatic nitrogens is 2. The molecule has 1 aliphatic rings. The number of hydrogen-bond acceptors (Lipinski definition) is 7. The molecule has 0 aliphatic heterocycles. The highest BCUT2D eigenvalue weighted by atomic mass is 32.1. The van der Waals surface area contributed by atoms with Crippen LogP contribution in [-0.2, 0) is 0 Å². The van der Waals surface area contributed by atoms with Gasteiger partial charge in [0, 0.05) is 6.04 Å². The highest BCUT2D eigenvalue weighted by molar-refractivity contribution is 7.19. The molecule has 1 aliphatic carbocycles. The monoisotopic (exact) mass is 425 g/mol. The summed E-state index contributed by atoms with van der Waals surface area (Å²) in [6.45, 7) is 2.39. The summed E-state index contributed by atoms with van der Waals surface area (Å²) in [5, 5.41) is 15.0. The Bertz CT molecular complexity index is 998. The van der Waals surface area contributed by atoms with Crippen LogP contribution in [0.1, 0.15) is 55.8 Å². The minimum atomic E-state index is -0.274. The predicted octanol–water partition coefficient (Wildman–Crippen LogP) is 4.98. The summed E-state index contributed by atoms with van der Waals surface area (Å²) in [6, 6.07) is 12.0. The lowest BCUT2D eigenvalue weighted by Crippen LogP contribution is -2.30. The van der Waals surface area contributed by atoms with Crippen molar-refractivity contribution in [1.29, 1.82) is 0 Å². The summed E-state index contributed by atoms with van der Waals surface area (Å²) in [5.41, 5.74) is 6.14. The van der Waals surface area contributed by atoms with Gasteiger partial charge in [-0.1, -0.05) is 67.4 Å². The van der Waals surface area contributed by atoms with Gasteiger partial charge in [0.1, 0.15) is 5.75 Å². The third-order valence-electron chi connectivity index (χ3n) is 5.31. The molecular weight excluding hydrogens is 398 g/mol. The van der Waals surface area contributed by atoms with Crippen LogP contribution in [0.5, 0.6) is 5.75 Å². The van der Waals surface area contributed by atoms with E-state index in [1.165, 1.54) is 49.9 Å². The van der Waals surface area contributed by atoms with Crippen molar-refractivity contribution in [2.24, 2.45) is 0 Å². The molecular formula is C22H27N5O2S. The average Bonchev–Trinajstić information content (AvgIpc) is 3.05. The number of hydrazine groups is 1. The van der Waals surface area contributed by atoms with Crippen molar-refractivity contribution < 1.29 is 9.53 Å². The smallest absolute Gasteiger partial charge is 0.274 e. The third kappa shape index (κ3) is 4.81. The molecule has 1 fully saturated rings.